The molecular weight excluding hydrogens is 124 g/mol. The summed E-state index contributed by atoms with van der Waals surface area (Å²) in [5, 5.41) is 4.32. The number of rotatable bonds is 0. The standard InChI is InChI=1S/C8H13N2/c9-8-4-1-2-7(8)3-5-10-6-8/h1,4,7H,2-3,5-6,9H2/t7?,8-/m0/s1. The summed E-state index contributed by atoms with van der Waals surface area (Å²) >= 11 is 0. The molecule has 0 aromatic carbocycles. The Balaban J connectivity index is 2.17. The molecule has 2 heteroatoms. The third-order valence-electron chi connectivity index (χ3n) is 2.63. The first-order valence-electron chi connectivity index (χ1n) is 3.91. The van der Waals surface area contributed by atoms with Gasteiger partial charge in [-0.15, -0.1) is 0 Å². The van der Waals surface area contributed by atoms with E-state index in [9.17, 15) is 0 Å². The lowest BCUT2D eigenvalue weighted by Crippen LogP contribution is -2.53. The van der Waals surface area contributed by atoms with Gasteiger partial charge in [0.15, 0.2) is 0 Å². The predicted molar refractivity (Wildman–Crippen MR) is 40.7 cm³/mol. The number of piperidine rings is 1. The molecule has 0 aromatic heterocycles. The zero-order valence-electron chi connectivity index (χ0n) is 6.09. The van der Waals surface area contributed by atoms with Crippen molar-refractivity contribution >= 4 is 0 Å². The van der Waals surface area contributed by atoms with E-state index in [2.05, 4.69) is 17.5 Å². The lowest BCUT2D eigenvalue weighted by molar-refractivity contribution is 0.271. The van der Waals surface area contributed by atoms with E-state index < -0.39 is 0 Å². The Morgan fingerprint density at radius 2 is 2.50 bits per heavy atom. The first kappa shape index (κ1) is 6.38. The van der Waals surface area contributed by atoms with Crippen molar-refractivity contribution in [3.63, 3.8) is 0 Å². The molecule has 0 aromatic rings. The molecule has 0 bridgehead atoms. The van der Waals surface area contributed by atoms with Crippen molar-refractivity contribution in [1.82, 2.24) is 5.32 Å². The molecule has 1 unspecified atom stereocenters. The van der Waals surface area contributed by atoms with Crippen LogP contribution >= 0.6 is 0 Å². The maximum atomic E-state index is 6.08. The van der Waals surface area contributed by atoms with Crippen LogP contribution in [0.4, 0.5) is 0 Å². The van der Waals surface area contributed by atoms with Crippen LogP contribution in [0.5, 0.6) is 0 Å². The Morgan fingerprint density at radius 3 is 3.30 bits per heavy atom. The predicted octanol–water partition coefficient (Wildman–Crippen LogP) is 0.268. The van der Waals surface area contributed by atoms with Gasteiger partial charge in [-0.2, -0.15) is 0 Å². The third-order valence-corrected chi connectivity index (χ3v) is 2.63. The molecule has 0 amide bonds. The fourth-order valence-corrected chi connectivity index (χ4v) is 1.90. The minimum absolute atomic E-state index is 0.0573. The van der Waals surface area contributed by atoms with Gasteiger partial charge in [-0.3, -0.25) is 0 Å². The van der Waals surface area contributed by atoms with Crippen LogP contribution in [0.2, 0.25) is 0 Å². The van der Waals surface area contributed by atoms with Crippen molar-refractivity contribution in [1.29, 1.82) is 0 Å². The van der Waals surface area contributed by atoms with Gasteiger partial charge >= 0.3 is 0 Å². The van der Waals surface area contributed by atoms with Gasteiger partial charge in [0.1, 0.15) is 0 Å². The molecule has 1 heterocycles. The van der Waals surface area contributed by atoms with Crippen molar-refractivity contribution in [3.05, 3.63) is 12.2 Å². The minimum Gasteiger partial charge on any atom is -0.321 e. The maximum Gasteiger partial charge on any atom is 0.0514 e. The largest absolute Gasteiger partial charge is 0.321 e. The monoisotopic (exact) mass is 137 g/mol. The second-order valence-corrected chi connectivity index (χ2v) is 3.34. The lowest BCUT2D eigenvalue weighted by Gasteiger charge is -2.34. The van der Waals surface area contributed by atoms with E-state index in [1.807, 2.05) is 0 Å². The van der Waals surface area contributed by atoms with Gasteiger partial charge in [-0.25, -0.2) is 5.32 Å². The molecule has 2 N–H and O–H groups in total. The Bertz CT molecular complexity index is 165. The van der Waals surface area contributed by atoms with Crippen LogP contribution in [-0.4, -0.2) is 18.6 Å². The fraction of sp³-hybridized carbons (Fsp3) is 0.750. The summed E-state index contributed by atoms with van der Waals surface area (Å²) in [6, 6.07) is 0. The van der Waals surface area contributed by atoms with Crippen LogP contribution in [0, 0.1) is 5.92 Å². The summed E-state index contributed by atoms with van der Waals surface area (Å²) in [4.78, 5) is 0. The molecule has 1 fully saturated rings. The number of allylic oxidation sites excluding steroid dienone is 1. The summed E-state index contributed by atoms with van der Waals surface area (Å²) in [5.74, 6) is 0.685. The van der Waals surface area contributed by atoms with Gasteiger partial charge in [0.2, 0.25) is 0 Å². The molecule has 55 valence electrons. The molecule has 2 nitrogen and oxygen atoms in total. The van der Waals surface area contributed by atoms with E-state index in [1.165, 1.54) is 12.8 Å². The van der Waals surface area contributed by atoms with E-state index in [4.69, 9.17) is 5.73 Å². The molecular formula is C8H13N2. The molecule has 2 atom stereocenters. The number of nitrogens with zero attached hydrogens (tertiary/aromatic N) is 1. The molecule has 2 aliphatic rings. The van der Waals surface area contributed by atoms with Gasteiger partial charge < -0.3 is 5.73 Å². The fourth-order valence-electron chi connectivity index (χ4n) is 1.90. The normalized spacial score (nSPS) is 45.5. The second kappa shape index (κ2) is 2.07. The minimum atomic E-state index is -0.0573. The molecule has 2 rings (SSSR count). The maximum absolute atomic E-state index is 6.08. The van der Waals surface area contributed by atoms with Gasteiger partial charge in [-0.05, 0) is 18.8 Å². The SMILES string of the molecule is N[C@]12C=CCC1CC[N]C2. The third kappa shape index (κ3) is 0.796. The van der Waals surface area contributed by atoms with E-state index in [0.717, 1.165) is 13.1 Å². The van der Waals surface area contributed by atoms with Crippen LogP contribution in [-0.2, 0) is 0 Å². The Kier molecular flexibility index (Phi) is 1.32. The molecule has 1 aliphatic carbocycles. The van der Waals surface area contributed by atoms with Crippen molar-refractivity contribution in [2.75, 3.05) is 13.1 Å². The summed E-state index contributed by atoms with van der Waals surface area (Å²) in [7, 11) is 0. The highest BCUT2D eigenvalue weighted by Crippen LogP contribution is 2.31. The number of hydrogen-bond donors (Lipinski definition) is 1. The summed E-state index contributed by atoms with van der Waals surface area (Å²) in [6.45, 7) is 1.86. The zero-order valence-corrected chi connectivity index (χ0v) is 6.09. The van der Waals surface area contributed by atoms with Crippen molar-refractivity contribution in [3.8, 4) is 0 Å². The van der Waals surface area contributed by atoms with E-state index in [1.54, 1.807) is 0 Å². The summed E-state index contributed by atoms with van der Waals surface area (Å²) in [6.07, 6.45) is 6.70. The van der Waals surface area contributed by atoms with Crippen LogP contribution in [0.15, 0.2) is 12.2 Å². The quantitative estimate of drug-likeness (QED) is 0.478. The molecule has 1 saturated heterocycles. The number of hydrogen-bond acceptors (Lipinski definition) is 1. The highest BCUT2D eigenvalue weighted by molar-refractivity contribution is 5.18. The van der Waals surface area contributed by atoms with Crippen molar-refractivity contribution in [2.24, 2.45) is 11.7 Å². The van der Waals surface area contributed by atoms with Crippen molar-refractivity contribution < 1.29 is 0 Å². The highest BCUT2D eigenvalue weighted by Gasteiger charge is 2.37. The highest BCUT2D eigenvalue weighted by atomic mass is 15.0. The Morgan fingerprint density at radius 1 is 1.60 bits per heavy atom. The lowest BCUT2D eigenvalue weighted by atomic mass is 9.83. The Labute approximate surface area is 61.5 Å². The smallest absolute Gasteiger partial charge is 0.0514 e. The van der Waals surface area contributed by atoms with Crippen LogP contribution in [0.1, 0.15) is 12.8 Å². The van der Waals surface area contributed by atoms with Gasteiger partial charge in [0, 0.05) is 13.1 Å². The van der Waals surface area contributed by atoms with Gasteiger partial charge in [-0.1, -0.05) is 12.2 Å². The van der Waals surface area contributed by atoms with Crippen LogP contribution in [0.3, 0.4) is 0 Å². The zero-order chi connectivity index (χ0) is 7.03. The summed E-state index contributed by atoms with van der Waals surface area (Å²) < 4.78 is 0. The van der Waals surface area contributed by atoms with Gasteiger partial charge in [0.25, 0.3) is 0 Å². The molecule has 0 saturated carbocycles. The van der Waals surface area contributed by atoms with E-state index >= 15 is 0 Å². The first-order valence-corrected chi connectivity index (χ1v) is 3.91. The average Bonchev–Trinajstić information content (AvgIpc) is 2.29. The molecule has 0 spiro atoms. The Hall–Kier alpha value is -0.340. The van der Waals surface area contributed by atoms with Crippen LogP contribution in [0.25, 0.3) is 0 Å². The molecule has 1 radical (unpaired) electrons. The second-order valence-electron chi connectivity index (χ2n) is 3.34. The number of fused-ring (bicyclic) bond motifs is 1. The molecule has 10 heavy (non-hydrogen) atoms. The number of nitrogens with two attached hydrogens (primary N) is 1. The first-order chi connectivity index (χ1) is 4.81. The van der Waals surface area contributed by atoms with E-state index in [0.29, 0.717) is 5.92 Å². The topological polar surface area (TPSA) is 40.1 Å². The van der Waals surface area contributed by atoms with Crippen molar-refractivity contribution in [2.45, 2.75) is 18.4 Å². The average molecular weight is 137 g/mol. The molecule has 1 aliphatic heterocycles. The van der Waals surface area contributed by atoms with Crippen LogP contribution < -0.4 is 11.1 Å². The van der Waals surface area contributed by atoms with Gasteiger partial charge in [0.05, 0.1) is 5.54 Å². The van der Waals surface area contributed by atoms with E-state index in [-0.39, 0.29) is 5.54 Å². The summed E-state index contributed by atoms with van der Waals surface area (Å²) in [5.41, 5.74) is 6.03.